The Morgan fingerprint density at radius 2 is 2.06 bits per heavy atom. The Labute approximate surface area is 115 Å². The highest BCUT2D eigenvalue weighted by Gasteiger charge is 2.01. The van der Waals surface area contributed by atoms with Gasteiger partial charge in [0.2, 0.25) is 0 Å². The van der Waals surface area contributed by atoms with Crippen molar-refractivity contribution in [1.29, 1.82) is 0 Å². The summed E-state index contributed by atoms with van der Waals surface area (Å²) in [5, 5.41) is 5.45. The highest BCUT2D eigenvalue weighted by Crippen LogP contribution is 2.22. The van der Waals surface area contributed by atoms with Gasteiger partial charge in [0.25, 0.3) is 0 Å². The highest BCUT2D eigenvalue weighted by molar-refractivity contribution is 9.10. The van der Waals surface area contributed by atoms with E-state index in [2.05, 4.69) is 53.6 Å². The molecule has 0 atom stereocenters. The van der Waals surface area contributed by atoms with Crippen LogP contribution in [-0.4, -0.2) is 4.98 Å². The van der Waals surface area contributed by atoms with Crippen LogP contribution in [0.2, 0.25) is 0 Å². The van der Waals surface area contributed by atoms with Crippen molar-refractivity contribution in [2.24, 2.45) is 0 Å². The van der Waals surface area contributed by atoms with Crippen molar-refractivity contribution in [3.8, 4) is 0 Å². The first-order valence-electron chi connectivity index (χ1n) is 4.80. The lowest BCUT2D eigenvalue weighted by Crippen LogP contribution is -2.13. The Morgan fingerprint density at radius 1 is 1.19 bits per heavy atom. The van der Waals surface area contributed by atoms with Gasteiger partial charge >= 0.3 is 0 Å². The molecule has 5 heteroatoms. The van der Waals surface area contributed by atoms with E-state index in [1.807, 2.05) is 18.2 Å². The first kappa shape index (κ1) is 12.2. The molecule has 2 nitrogen and oxygen atoms in total. The zero-order chi connectivity index (χ0) is 11.4. The molecule has 0 bridgehead atoms. The number of pyridine rings is 1. The van der Waals surface area contributed by atoms with Crippen LogP contribution in [-0.2, 0) is 13.1 Å². The number of rotatable bonds is 4. The van der Waals surface area contributed by atoms with Crippen LogP contribution in [0.3, 0.4) is 0 Å². The molecule has 2 rings (SSSR count). The third-order valence-corrected chi connectivity index (χ3v) is 4.42. The van der Waals surface area contributed by atoms with E-state index >= 15 is 0 Å². The largest absolute Gasteiger partial charge is 0.306 e. The van der Waals surface area contributed by atoms with Crippen LogP contribution in [0.15, 0.2) is 38.7 Å². The summed E-state index contributed by atoms with van der Waals surface area (Å²) in [4.78, 5) is 5.68. The molecule has 0 amide bonds. The zero-order valence-corrected chi connectivity index (χ0v) is 12.4. The molecule has 2 heterocycles. The van der Waals surface area contributed by atoms with Crippen molar-refractivity contribution >= 4 is 43.2 Å². The predicted octanol–water partition coefficient (Wildman–Crippen LogP) is 3.96. The number of nitrogens with one attached hydrogen (secondary N) is 1. The van der Waals surface area contributed by atoms with Crippen molar-refractivity contribution in [3.05, 3.63) is 49.3 Å². The number of hydrogen-bond donors (Lipinski definition) is 1. The molecule has 0 spiro atoms. The van der Waals surface area contributed by atoms with Gasteiger partial charge in [-0.1, -0.05) is 6.07 Å². The quantitative estimate of drug-likeness (QED) is 0.833. The van der Waals surface area contributed by atoms with Crippen LogP contribution >= 0.6 is 43.2 Å². The monoisotopic (exact) mass is 360 g/mol. The van der Waals surface area contributed by atoms with Gasteiger partial charge in [0.05, 0.1) is 5.69 Å². The average Bonchev–Trinajstić information content (AvgIpc) is 2.65. The maximum absolute atomic E-state index is 4.36. The van der Waals surface area contributed by atoms with Crippen LogP contribution in [0.5, 0.6) is 0 Å². The lowest BCUT2D eigenvalue weighted by molar-refractivity contribution is 0.684. The minimum absolute atomic E-state index is 0.782. The normalized spacial score (nSPS) is 10.6. The SMILES string of the molecule is Brc1cccc(CNCc2sccc2Br)n1. The molecule has 0 aliphatic carbocycles. The van der Waals surface area contributed by atoms with E-state index in [1.165, 1.54) is 9.35 Å². The molecule has 0 unspecified atom stereocenters. The topological polar surface area (TPSA) is 24.9 Å². The molecule has 0 saturated heterocycles. The maximum Gasteiger partial charge on any atom is 0.106 e. The summed E-state index contributed by atoms with van der Waals surface area (Å²) in [6.45, 7) is 1.65. The lowest BCUT2D eigenvalue weighted by Gasteiger charge is -2.03. The maximum atomic E-state index is 4.36. The molecule has 2 aromatic rings. The molecule has 0 aliphatic rings. The molecule has 2 aromatic heterocycles. The van der Waals surface area contributed by atoms with Gasteiger partial charge in [-0.3, -0.25) is 0 Å². The average molecular weight is 362 g/mol. The van der Waals surface area contributed by atoms with Crippen LogP contribution in [0.25, 0.3) is 0 Å². The Morgan fingerprint density at radius 3 is 2.75 bits per heavy atom. The Hall–Kier alpha value is -0.230. The van der Waals surface area contributed by atoms with Gasteiger partial charge in [0, 0.05) is 22.4 Å². The van der Waals surface area contributed by atoms with E-state index in [4.69, 9.17) is 0 Å². The summed E-state index contributed by atoms with van der Waals surface area (Å²) in [5.41, 5.74) is 1.04. The smallest absolute Gasteiger partial charge is 0.106 e. The lowest BCUT2D eigenvalue weighted by atomic mass is 10.3. The standard InChI is InChI=1S/C11H10Br2N2S/c12-9-4-5-16-10(9)7-14-6-8-2-1-3-11(13)15-8/h1-5,14H,6-7H2. The van der Waals surface area contributed by atoms with Crippen molar-refractivity contribution in [1.82, 2.24) is 10.3 Å². The van der Waals surface area contributed by atoms with Gasteiger partial charge in [0.15, 0.2) is 0 Å². The van der Waals surface area contributed by atoms with Crippen LogP contribution < -0.4 is 5.32 Å². The van der Waals surface area contributed by atoms with Gasteiger partial charge < -0.3 is 5.32 Å². The molecular formula is C11H10Br2N2S. The number of halogens is 2. The van der Waals surface area contributed by atoms with Crippen molar-refractivity contribution in [2.45, 2.75) is 13.1 Å². The minimum atomic E-state index is 0.782. The van der Waals surface area contributed by atoms with E-state index in [0.717, 1.165) is 23.4 Å². The highest BCUT2D eigenvalue weighted by atomic mass is 79.9. The fraction of sp³-hybridized carbons (Fsp3) is 0.182. The molecule has 0 saturated carbocycles. The van der Waals surface area contributed by atoms with Gasteiger partial charge in [-0.05, 0) is 55.4 Å². The minimum Gasteiger partial charge on any atom is -0.306 e. The predicted molar refractivity (Wildman–Crippen MR) is 74.5 cm³/mol. The Kier molecular flexibility index (Phi) is 4.52. The second-order valence-corrected chi connectivity index (χ2v) is 5.91. The summed E-state index contributed by atoms with van der Waals surface area (Å²) < 4.78 is 2.05. The first-order valence-corrected chi connectivity index (χ1v) is 7.26. The molecule has 0 aliphatic heterocycles. The Bertz CT molecular complexity index is 471. The van der Waals surface area contributed by atoms with Crippen molar-refractivity contribution < 1.29 is 0 Å². The van der Waals surface area contributed by atoms with Crippen LogP contribution in [0.1, 0.15) is 10.6 Å². The molecule has 0 fully saturated rings. The Balaban J connectivity index is 1.87. The third kappa shape index (κ3) is 3.38. The van der Waals surface area contributed by atoms with Gasteiger partial charge in [0.1, 0.15) is 4.60 Å². The summed E-state index contributed by atoms with van der Waals surface area (Å²) in [6, 6.07) is 8.01. The first-order chi connectivity index (χ1) is 7.75. The van der Waals surface area contributed by atoms with E-state index in [1.54, 1.807) is 11.3 Å². The van der Waals surface area contributed by atoms with E-state index in [0.29, 0.717) is 0 Å². The molecule has 0 radical (unpaired) electrons. The summed E-state index contributed by atoms with van der Waals surface area (Å²) >= 11 is 8.62. The van der Waals surface area contributed by atoms with Crippen molar-refractivity contribution in [2.75, 3.05) is 0 Å². The number of nitrogens with zero attached hydrogens (tertiary/aromatic N) is 1. The van der Waals surface area contributed by atoms with E-state index in [9.17, 15) is 0 Å². The number of hydrogen-bond acceptors (Lipinski definition) is 3. The van der Waals surface area contributed by atoms with Crippen LogP contribution in [0.4, 0.5) is 0 Å². The fourth-order valence-corrected chi connectivity index (χ4v) is 3.15. The molecule has 16 heavy (non-hydrogen) atoms. The van der Waals surface area contributed by atoms with E-state index in [-0.39, 0.29) is 0 Å². The van der Waals surface area contributed by atoms with E-state index < -0.39 is 0 Å². The van der Waals surface area contributed by atoms with Crippen LogP contribution in [0, 0.1) is 0 Å². The van der Waals surface area contributed by atoms with Gasteiger partial charge in [-0.2, -0.15) is 0 Å². The fourth-order valence-electron chi connectivity index (χ4n) is 1.30. The third-order valence-electron chi connectivity index (χ3n) is 2.06. The second-order valence-electron chi connectivity index (χ2n) is 3.25. The molecule has 84 valence electrons. The summed E-state index contributed by atoms with van der Waals surface area (Å²) in [6.07, 6.45) is 0. The van der Waals surface area contributed by atoms with Gasteiger partial charge in [-0.15, -0.1) is 11.3 Å². The molecular weight excluding hydrogens is 352 g/mol. The van der Waals surface area contributed by atoms with Gasteiger partial charge in [-0.25, -0.2) is 4.98 Å². The summed E-state index contributed by atoms with van der Waals surface area (Å²) in [7, 11) is 0. The molecule has 0 aromatic carbocycles. The molecule has 1 N–H and O–H groups in total. The zero-order valence-electron chi connectivity index (χ0n) is 8.41. The number of aromatic nitrogens is 1. The second kappa shape index (κ2) is 5.91. The number of thiophene rings is 1. The van der Waals surface area contributed by atoms with Crippen molar-refractivity contribution in [3.63, 3.8) is 0 Å². The summed E-state index contributed by atoms with van der Waals surface area (Å²) in [5.74, 6) is 0.